The average molecular weight is 279 g/mol. The molecule has 6 heteroatoms. The van der Waals surface area contributed by atoms with Crippen LogP contribution in [0, 0.1) is 0 Å². The molecule has 1 aromatic heterocycles. The van der Waals surface area contributed by atoms with Crippen LogP contribution in [0.3, 0.4) is 0 Å². The molecule has 0 fully saturated rings. The zero-order chi connectivity index (χ0) is 15.3. The van der Waals surface area contributed by atoms with Gasteiger partial charge in [0.1, 0.15) is 11.4 Å². The Morgan fingerprint density at radius 2 is 2.05 bits per heavy atom. The molecule has 6 nitrogen and oxygen atoms in total. The van der Waals surface area contributed by atoms with Gasteiger partial charge in [-0.1, -0.05) is 0 Å². The molecular formula is C14H21N3O3. The first-order valence-electron chi connectivity index (χ1n) is 6.28. The second kappa shape index (κ2) is 6.47. The molecule has 0 atom stereocenters. The largest absolute Gasteiger partial charge is 0.457 e. The number of hydrogen-bond donors (Lipinski definition) is 1. The summed E-state index contributed by atoms with van der Waals surface area (Å²) in [6.07, 6.45) is 2.75. The van der Waals surface area contributed by atoms with Crippen molar-refractivity contribution in [1.29, 1.82) is 0 Å². The van der Waals surface area contributed by atoms with Crippen LogP contribution in [0.5, 0.6) is 0 Å². The molecule has 20 heavy (non-hydrogen) atoms. The van der Waals surface area contributed by atoms with Gasteiger partial charge >= 0.3 is 5.97 Å². The van der Waals surface area contributed by atoms with Crippen LogP contribution >= 0.6 is 0 Å². The molecule has 0 unspecified atom stereocenters. The van der Waals surface area contributed by atoms with Gasteiger partial charge in [-0.15, -0.1) is 0 Å². The maximum atomic E-state index is 11.6. The number of carbonyl (C=O) groups is 1. The molecule has 1 aromatic rings. The summed E-state index contributed by atoms with van der Waals surface area (Å²) in [6.45, 7) is 5.21. The zero-order valence-corrected chi connectivity index (χ0v) is 12.5. The van der Waals surface area contributed by atoms with Gasteiger partial charge in [-0.3, -0.25) is 0 Å². The fourth-order valence-electron chi connectivity index (χ4n) is 1.37. The van der Waals surface area contributed by atoms with Crippen molar-refractivity contribution in [1.82, 2.24) is 9.97 Å². The molecule has 0 radical (unpaired) electrons. The van der Waals surface area contributed by atoms with Gasteiger partial charge in [-0.2, -0.15) is 0 Å². The van der Waals surface area contributed by atoms with Crippen molar-refractivity contribution < 1.29 is 14.6 Å². The van der Waals surface area contributed by atoms with Crippen molar-refractivity contribution in [2.75, 3.05) is 19.0 Å². The first kappa shape index (κ1) is 16.1. The highest BCUT2D eigenvalue weighted by Crippen LogP contribution is 2.12. The Kier molecular flexibility index (Phi) is 5.21. The van der Waals surface area contributed by atoms with E-state index < -0.39 is 11.6 Å². The van der Waals surface area contributed by atoms with Crippen LogP contribution in [0.4, 0.5) is 5.82 Å². The smallest absolute Gasteiger partial charge is 0.331 e. The van der Waals surface area contributed by atoms with E-state index in [1.54, 1.807) is 31.7 Å². The summed E-state index contributed by atoms with van der Waals surface area (Å²) in [4.78, 5) is 21.8. The fraction of sp³-hybridized carbons (Fsp3) is 0.500. The van der Waals surface area contributed by atoms with E-state index >= 15 is 0 Å². The van der Waals surface area contributed by atoms with Crippen LogP contribution in [0.25, 0.3) is 6.08 Å². The fourth-order valence-corrected chi connectivity index (χ4v) is 1.37. The minimum Gasteiger partial charge on any atom is -0.457 e. The maximum absolute atomic E-state index is 11.6. The zero-order valence-electron chi connectivity index (χ0n) is 12.5. The summed E-state index contributed by atoms with van der Waals surface area (Å²) in [5.74, 6) is 0.556. The van der Waals surface area contributed by atoms with E-state index in [1.807, 2.05) is 14.1 Å². The van der Waals surface area contributed by atoms with Gasteiger partial charge in [0.15, 0.2) is 5.82 Å². The van der Waals surface area contributed by atoms with E-state index in [4.69, 9.17) is 4.74 Å². The topological polar surface area (TPSA) is 75.5 Å². The van der Waals surface area contributed by atoms with Gasteiger partial charge in [-0.25, -0.2) is 14.8 Å². The molecule has 1 N–H and O–H groups in total. The minimum absolute atomic E-state index is 0.184. The number of rotatable bonds is 4. The third-order valence-corrected chi connectivity index (χ3v) is 2.18. The van der Waals surface area contributed by atoms with Crippen molar-refractivity contribution in [2.24, 2.45) is 0 Å². The Morgan fingerprint density at radius 1 is 1.40 bits per heavy atom. The van der Waals surface area contributed by atoms with Crippen LogP contribution in [-0.2, 0) is 16.1 Å². The molecule has 0 saturated heterocycles. The third kappa shape index (κ3) is 5.36. The molecular weight excluding hydrogens is 258 g/mol. The summed E-state index contributed by atoms with van der Waals surface area (Å²) in [7, 11) is 3.68. The molecule has 0 aliphatic heterocycles. The van der Waals surface area contributed by atoms with Gasteiger partial charge in [-0.05, 0) is 26.8 Å². The Hall–Kier alpha value is -1.95. The molecule has 0 amide bonds. The van der Waals surface area contributed by atoms with E-state index in [0.717, 1.165) is 0 Å². The lowest BCUT2D eigenvalue weighted by molar-refractivity contribution is -0.148. The van der Waals surface area contributed by atoms with E-state index in [0.29, 0.717) is 17.3 Å². The molecule has 0 aliphatic carbocycles. The first-order chi connectivity index (χ1) is 9.21. The predicted molar refractivity (Wildman–Crippen MR) is 77.2 cm³/mol. The lowest BCUT2D eigenvalue weighted by atomic mass is 10.2. The normalized spacial score (nSPS) is 11.7. The maximum Gasteiger partial charge on any atom is 0.331 e. The highest BCUT2D eigenvalue weighted by molar-refractivity contribution is 5.86. The van der Waals surface area contributed by atoms with Crippen molar-refractivity contribution >= 4 is 17.9 Å². The van der Waals surface area contributed by atoms with E-state index in [2.05, 4.69) is 9.97 Å². The van der Waals surface area contributed by atoms with E-state index in [-0.39, 0.29) is 6.61 Å². The quantitative estimate of drug-likeness (QED) is 0.663. The van der Waals surface area contributed by atoms with Crippen LogP contribution in [-0.4, -0.2) is 40.7 Å². The summed E-state index contributed by atoms with van der Waals surface area (Å²) in [6, 6.07) is 1.69. The lowest BCUT2D eigenvalue weighted by Gasteiger charge is -2.17. The summed E-state index contributed by atoms with van der Waals surface area (Å²) < 4.78 is 5.15. The van der Waals surface area contributed by atoms with Crippen LogP contribution in [0.15, 0.2) is 12.1 Å². The number of aromatic nitrogens is 2. The van der Waals surface area contributed by atoms with Gasteiger partial charge in [0.05, 0.1) is 12.3 Å². The second-order valence-electron chi connectivity index (χ2n) is 5.50. The Bertz CT molecular complexity index is 505. The van der Waals surface area contributed by atoms with Crippen LogP contribution < -0.4 is 4.90 Å². The number of ether oxygens (including phenoxy) is 1. The monoisotopic (exact) mass is 279 g/mol. The van der Waals surface area contributed by atoms with Gasteiger partial charge in [0.2, 0.25) is 0 Å². The number of esters is 1. The van der Waals surface area contributed by atoms with E-state index in [9.17, 15) is 9.90 Å². The number of aliphatic hydroxyl groups excluding tert-OH is 1. The first-order valence-corrected chi connectivity index (χ1v) is 6.28. The SMILES string of the molecule is CN(C)c1cc(CO)nc(/C=C/C(=O)OC(C)(C)C)n1. The van der Waals surface area contributed by atoms with Crippen molar-refractivity contribution in [2.45, 2.75) is 33.0 Å². The Labute approximate surface area is 119 Å². The molecule has 1 rings (SSSR count). The number of anilines is 1. The van der Waals surface area contributed by atoms with Gasteiger partial charge in [0.25, 0.3) is 0 Å². The number of aliphatic hydroxyl groups is 1. The molecule has 0 aromatic carbocycles. The second-order valence-corrected chi connectivity index (χ2v) is 5.50. The Morgan fingerprint density at radius 3 is 2.55 bits per heavy atom. The number of hydrogen-bond acceptors (Lipinski definition) is 6. The Balaban J connectivity index is 2.91. The molecule has 110 valence electrons. The van der Waals surface area contributed by atoms with Crippen LogP contribution in [0.1, 0.15) is 32.3 Å². The molecule has 0 spiro atoms. The summed E-state index contributed by atoms with van der Waals surface area (Å²) >= 11 is 0. The van der Waals surface area contributed by atoms with Crippen LogP contribution in [0.2, 0.25) is 0 Å². The molecule has 0 saturated carbocycles. The average Bonchev–Trinajstić information content (AvgIpc) is 2.33. The lowest BCUT2D eigenvalue weighted by Crippen LogP contribution is -2.22. The summed E-state index contributed by atoms with van der Waals surface area (Å²) in [5, 5.41) is 9.17. The van der Waals surface area contributed by atoms with Crippen molar-refractivity contribution in [3.63, 3.8) is 0 Å². The van der Waals surface area contributed by atoms with Crippen molar-refractivity contribution in [3.05, 3.63) is 23.7 Å². The van der Waals surface area contributed by atoms with Crippen molar-refractivity contribution in [3.8, 4) is 0 Å². The highest BCUT2D eigenvalue weighted by atomic mass is 16.6. The van der Waals surface area contributed by atoms with Gasteiger partial charge in [0, 0.05) is 26.2 Å². The van der Waals surface area contributed by atoms with Gasteiger partial charge < -0.3 is 14.7 Å². The molecule has 0 aliphatic rings. The predicted octanol–water partition coefficient (Wildman–Crippen LogP) is 1.39. The third-order valence-electron chi connectivity index (χ3n) is 2.18. The minimum atomic E-state index is -0.538. The van der Waals surface area contributed by atoms with E-state index in [1.165, 1.54) is 12.2 Å². The highest BCUT2D eigenvalue weighted by Gasteiger charge is 2.14. The summed E-state index contributed by atoms with van der Waals surface area (Å²) in [5.41, 5.74) is -0.0446. The molecule has 0 bridgehead atoms. The standard InChI is InChI=1S/C14H21N3O3/c1-14(2,3)20-13(19)7-6-11-15-10(9-18)8-12(16-11)17(4)5/h6-8,18H,9H2,1-5H3/b7-6+. The number of carbonyl (C=O) groups excluding carboxylic acids is 1. The molecule has 1 heterocycles. The number of nitrogens with zero attached hydrogens (tertiary/aromatic N) is 3.